The van der Waals surface area contributed by atoms with Crippen molar-refractivity contribution in [1.29, 1.82) is 0 Å². The zero-order valence-electron chi connectivity index (χ0n) is 14.6. The molecule has 0 fully saturated rings. The predicted molar refractivity (Wildman–Crippen MR) is 96.6 cm³/mol. The summed E-state index contributed by atoms with van der Waals surface area (Å²) in [5.41, 5.74) is 0.384. The zero-order chi connectivity index (χ0) is 19.3. The minimum atomic E-state index is -0.625. The molecule has 0 aliphatic rings. The highest BCUT2D eigenvalue weighted by atomic mass is 16.6. The summed E-state index contributed by atoms with van der Waals surface area (Å²) in [7, 11) is 1.31. The van der Waals surface area contributed by atoms with Crippen LogP contribution in [0.2, 0.25) is 0 Å². The van der Waals surface area contributed by atoms with E-state index in [1.165, 1.54) is 19.2 Å². The molecule has 0 heterocycles. The number of para-hydroxylation sites is 1. The number of carbonyl (C=O) groups is 2. The number of nitro benzene ring substituents is 1. The highest BCUT2D eigenvalue weighted by molar-refractivity contribution is 6.09. The van der Waals surface area contributed by atoms with Crippen molar-refractivity contribution in [1.82, 2.24) is 5.32 Å². The number of nitrogens with zero attached hydrogens (tertiary/aromatic N) is 1. The third kappa shape index (κ3) is 4.35. The quantitative estimate of drug-likeness (QED) is 0.610. The Balaban J connectivity index is 2.30. The van der Waals surface area contributed by atoms with Gasteiger partial charge >= 0.3 is 5.69 Å². The van der Waals surface area contributed by atoms with E-state index in [0.29, 0.717) is 11.3 Å². The van der Waals surface area contributed by atoms with Gasteiger partial charge in [0.25, 0.3) is 11.8 Å². The molecule has 2 rings (SSSR count). The third-order valence-corrected chi connectivity index (χ3v) is 3.48. The van der Waals surface area contributed by atoms with E-state index in [2.05, 4.69) is 10.6 Å². The normalized spacial score (nSPS) is 10.3. The molecule has 136 valence electrons. The van der Waals surface area contributed by atoms with Gasteiger partial charge in [0.1, 0.15) is 0 Å². The predicted octanol–water partition coefficient (Wildman–Crippen LogP) is 2.99. The van der Waals surface area contributed by atoms with Crippen LogP contribution in [0.15, 0.2) is 42.5 Å². The Morgan fingerprint density at radius 1 is 1.12 bits per heavy atom. The van der Waals surface area contributed by atoms with Gasteiger partial charge in [0.2, 0.25) is 0 Å². The molecule has 0 atom stereocenters. The van der Waals surface area contributed by atoms with Crippen molar-refractivity contribution in [2.45, 2.75) is 19.9 Å². The molecule has 0 saturated heterocycles. The number of methoxy groups -OCH3 is 1. The first-order valence-electron chi connectivity index (χ1n) is 7.87. The lowest BCUT2D eigenvalue weighted by molar-refractivity contribution is -0.385. The first-order chi connectivity index (χ1) is 12.3. The Morgan fingerprint density at radius 3 is 2.42 bits per heavy atom. The Kier molecular flexibility index (Phi) is 5.90. The largest absolute Gasteiger partial charge is 0.490 e. The molecule has 2 aromatic carbocycles. The lowest BCUT2D eigenvalue weighted by Crippen LogP contribution is -2.31. The molecule has 26 heavy (non-hydrogen) atoms. The van der Waals surface area contributed by atoms with Crippen LogP contribution in [0, 0.1) is 10.1 Å². The van der Waals surface area contributed by atoms with Crippen molar-refractivity contribution in [2.75, 3.05) is 12.4 Å². The fourth-order valence-electron chi connectivity index (χ4n) is 2.30. The van der Waals surface area contributed by atoms with Crippen LogP contribution < -0.4 is 15.4 Å². The van der Waals surface area contributed by atoms with Crippen molar-refractivity contribution in [3.8, 4) is 5.75 Å². The number of nitro groups is 1. The lowest BCUT2D eigenvalue weighted by Gasteiger charge is -2.13. The number of carbonyl (C=O) groups excluding carboxylic acids is 2. The molecular formula is C18H19N3O5. The number of benzene rings is 2. The number of amides is 2. The number of rotatable bonds is 6. The van der Waals surface area contributed by atoms with E-state index in [1.807, 2.05) is 13.8 Å². The molecule has 8 nitrogen and oxygen atoms in total. The monoisotopic (exact) mass is 357 g/mol. The maximum Gasteiger partial charge on any atom is 0.311 e. The zero-order valence-corrected chi connectivity index (χ0v) is 14.6. The summed E-state index contributed by atoms with van der Waals surface area (Å²) in [6.07, 6.45) is 0. The Labute approximate surface area is 150 Å². The molecular weight excluding hydrogens is 338 g/mol. The molecule has 8 heteroatoms. The van der Waals surface area contributed by atoms with Gasteiger partial charge < -0.3 is 15.4 Å². The van der Waals surface area contributed by atoms with Gasteiger partial charge in [0.15, 0.2) is 5.75 Å². The molecule has 2 aromatic rings. The molecule has 0 aromatic heterocycles. The average molecular weight is 357 g/mol. The third-order valence-electron chi connectivity index (χ3n) is 3.48. The Morgan fingerprint density at radius 2 is 1.81 bits per heavy atom. The van der Waals surface area contributed by atoms with Crippen molar-refractivity contribution in [3.05, 3.63) is 63.7 Å². The highest BCUT2D eigenvalue weighted by Gasteiger charge is 2.19. The number of anilines is 1. The number of nitrogens with one attached hydrogen (secondary N) is 2. The van der Waals surface area contributed by atoms with Gasteiger partial charge in [-0.3, -0.25) is 19.7 Å². The first-order valence-corrected chi connectivity index (χ1v) is 7.87. The maximum absolute atomic E-state index is 12.5. The summed E-state index contributed by atoms with van der Waals surface area (Å²) in [5.74, 6) is -0.833. The van der Waals surface area contributed by atoms with E-state index in [-0.39, 0.29) is 28.9 Å². The molecule has 2 amide bonds. The fraction of sp³-hybridized carbons (Fsp3) is 0.222. The summed E-state index contributed by atoms with van der Waals surface area (Å²) in [5, 5.41) is 16.5. The molecule has 2 N–H and O–H groups in total. The summed E-state index contributed by atoms with van der Waals surface area (Å²) < 4.78 is 4.92. The molecule has 0 spiro atoms. The summed E-state index contributed by atoms with van der Waals surface area (Å²) in [6.45, 7) is 3.66. The second-order valence-electron chi connectivity index (χ2n) is 5.77. The van der Waals surface area contributed by atoms with Gasteiger partial charge in [0, 0.05) is 17.7 Å². The second kappa shape index (κ2) is 8.11. The van der Waals surface area contributed by atoms with Crippen LogP contribution in [0.1, 0.15) is 34.6 Å². The topological polar surface area (TPSA) is 111 Å². The summed E-state index contributed by atoms with van der Waals surface area (Å²) in [6, 6.07) is 10.4. The molecule has 0 saturated carbocycles. The van der Waals surface area contributed by atoms with Crippen molar-refractivity contribution < 1.29 is 19.2 Å². The average Bonchev–Trinajstić information content (AvgIpc) is 2.60. The van der Waals surface area contributed by atoms with Crippen LogP contribution in [-0.2, 0) is 0 Å². The van der Waals surface area contributed by atoms with Crippen molar-refractivity contribution >= 4 is 23.2 Å². The molecule has 0 radical (unpaired) electrons. The SMILES string of the molecule is COc1ccc(C(=O)Nc2ccccc2C(=O)NC(C)C)cc1[N+](=O)[O-]. The van der Waals surface area contributed by atoms with E-state index >= 15 is 0 Å². The van der Waals surface area contributed by atoms with E-state index in [0.717, 1.165) is 6.07 Å². The molecule has 0 unspecified atom stereocenters. The summed E-state index contributed by atoms with van der Waals surface area (Å²) in [4.78, 5) is 35.2. The van der Waals surface area contributed by atoms with E-state index in [4.69, 9.17) is 4.74 Å². The van der Waals surface area contributed by atoms with Gasteiger partial charge in [-0.05, 0) is 38.1 Å². The van der Waals surface area contributed by atoms with Gasteiger partial charge in [-0.25, -0.2) is 0 Å². The Bertz CT molecular complexity index is 848. The van der Waals surface area contributed by atoms with E-state index in [9.17, 15) is 19.7 Å². The van der Waals surface area contributed by atoms with Crippen molar-refractivity contribution in [2.24, 2.45) is 0 Å². The van der Waals surface area contributed by atoms with Crippen LogP contribution >= 0.6 is 0 Å². The van der Waals surface area contributed by atoms with Crippen LogP contribution in [0.3, 0.4) is 0 Å². The van der Waals surface area contributed by atoms with Crippen LogP contribution in [0.5, 0.6) is 5.75 Å². The molecule has 0 aliphatic carbocycles. The lowest BCUT2D eigenvalue weighted by atomic mass is 10.1. The van der Waals surface area contributed by atoms with E-state index in [1.54, 1.807) is 24.3 Å². The number of ether oxygens (including phenoxy) is 1. The van der Waals surface area contributed by atoms with Gasteiger partial charge in [-0.1, -0.05) is 12.1 Å². The van der Waals surface area contributed by atoms with Crippen molar-refractivity contribution in [3.63, 3.8) is 0 Å². The highest BCUT2D eigenvalue weighted by Crippen LogP contribution is 2.28. The number of hydrogen-bond acceptors (Lipinski definition) is 5. The fourth-order valence-corrected chi connectivity index (χ4v) is 2.30. The van der Waals surface area contributed by atoms with Crippen LogP contribution in [0.25, 0.3) is 0 Å². The molecule has 0 bridgehead atoms. The van der Waals surface area contributed by atoms with Gasteiger partial charge in [-0.2, -0.15) is 0 Å². The Hall–Kier alpha value is -3.42. The first kappa shape index (κ1) is 18.9. The minimum absolute atomic E-state index is 0.0586. The standard InChI is InChI=1S/C18H19N3O5/c1-11(2)19-18(23)13-6-4-5-7-14(13)20-17(22)12-8-9-16(26-3)15(10-12)21(24)25/h4-11H,1-3H3,(H,19,23)(H,20,22). The van der Waals surface area contributed by atoms with Crippen LogP contribution in [0.4, 0.5) is 11.4 Å². The van der Waals surface area contributed by atoms with Gasteiger partial charge in [0.05, 0.1) is 23.3 Å². The smallest absolute Gasteiger partial charge is 0.311 e. The minimum Gasteiger partial charge on any atom is -0.490 e. The van der Waals surface area contributed by atoms with E-state index < -0.39 is 10.8 Å². The number of hydrogen-bond donors (Lipinski definition) is 2. The summed E-state index contributed by atoms with van der Waals surface area (Å²) >= 11 is 0. The maximum atomic E-state index is 12.5. The van der Waals surface area contributed by atoms with Crippen LogP contribution in [-0.4, -0.2) is 29.9 Å². The second-order valence-corrected chi connectivity index (χ2v) is 5.77. The molecule has 0 aliphatic heterocycles. The van der Waals surface area contributed by atoms with Gasteiger partial charge in [-0.15, -0.1) is 0 Å².